The molecule has 2 rings (SSSR count). The van der Waals surface area contributed by atoms with E-state index in [1.165, 1.54) is 0 Å². The number of alkyl carbamates (subject to hydrolysis) is 1. The Morgan fingerprint density at radius 2 is 2.00 bits per heavy atom. The molecule has 1 saturated heterocycles. The van der Waals surface area contributed by atoms with Gasteiger partial charge in [0, 0.05) is 24.7 Å². The van der Waals surface area contributed by atoms with Gasteiger partial charge in [-0.15, -0.1) is 0 Å². The Morgan fingerprint density at radius 3 is 2.59 bits per heavy atom. The van der Waals surface area contributed by atoms with Crippen LogP contribution in [0.15, 0.2) is 18.2 Å². The minimum Gasteiger partial charge on any atom is -0.489 e. The lowest BCUT2D eigenvalue weighted by atomic mass is 10.0. The largest absolute Gasteiger partial charge is 0.489 e. The molecule has 7 heteroatoms. The molecule has 0 spiro atoms. The van der Waals surface area contributed by atoms with E-state index >= 15 is 0 Å². The van der Waals surface area contributed by atoms with Gasteiger partial charge in [0.2, 0.25) is 0 Å². The van der Waals surface area contributed by atoms with Crippen molar-refractivity contribution >= 4 is 17.7 Å². The van der Waals surface area contributed by atoms with Crippen LogP contribution in [0.1, 0.15) is 57.8 Å². The van der Waals surface area contributed by atoms with Gasteiger partial charge in [-0.25, -0.2) is 4.79 Å². The molecular formula is C20H31N3O4. The smallest absolute Gasteiger partial charge is 0.407 e. The Hall–Kier alpha value is -2.44. The van der Waals surface area contributed by atoms with Crippen molar-refractivity contribution in [3.8, 4) is 5.75 Å². The number of hydrogen-bond acceptors (Lipinski definition) is 5. The molecule has 1 aromatic carbocycles. The quantitative estimate of drug-likeness (QED) is 0.786. The fourth-order valence-electron chi connectivity index (χ4n) is 2.98. The second kappa shape index (κ2) is 8.50. The lowest BCUT2D eigenvalue weighted by Crippen LogP contribution is -2.50. The molecule has 0 unspecified atom stereocenters. The summed E-state index contributed by atoms with van der Waals surface area (Å²) in [6.07, 6.45) is 1.18. The monoisotopic (exact) mass is 377 g/mol. The van der Waals surface area contributed by atoms with Crippen molar-refractivity contribution in [1.29, 1.82) is 0 Å². The van der Waals surface area contributed by atoms with E-state index in [9.17, 15) is 9.59 Å². The standard InChI is InChI=1S/C20H31N3O4/c1-13(2)26-17-9-8-14(11-16(17)21)18(24)23-10-6-7-15(12-23)22-19(25)27-20(3,4)5/h8-9,11,13,15H,6-7,10,12,21H2,1-5H3,(H,22,25)/t15-/m1/s1. The van der Waals surface area contributed by atoms with Crippen LogP contribution >= 0.6 is 0 Å². The highest BCUT2D eigenvalue weighted by Gasteiger charge is 2.27. The molecule has 1 heterocycles. The third-order valence-corrected chi connectivity index (χ3v) is 4.05. The summed E-state index contributed by atoms with van der Waals surface area (Å²) in [6, 6.07) is 4.97. The Balaban J connectivity index is 2.00. The highest BCUT2D eigenvalue weighted by atomic mass is 16.6. The van der Waals surface area contributed by atoms with Crippen LogP contribution in [0.25, 0.3) is 0 Å². The number of nitrogen functional groups attached to an aromatic ring is 1. The first kappa shape index (κ1) is 20.9. The number of hydrogen-bond donors (Lipinski definition) is 2. The minimum atomic E-state index is -0.550. The number of nitrogens with two attached hydrogens (primary N) is 1. The molecule has 2 amide bonds. The number of amides is 2. The van der Waals surface area contributed by atoms with E-state index in [0.29, 0.717) is 30.1 Å². The van der Waals surface area contributed by atoms with Crippen LogP contribution in [0.3, 0.4) is 0 Å². The molecule has 150 valence electrons. The molecule has 0 bridgehead atoms. The predicted molar refractivity (Wildman–Crippen MR) is 105 cm³/mol. The molecule has 3 N–H and O–H groups in total. The van der Waals surface area contributed by atoms with Crippen molar-refractivity contribution < 1.29 is 19.1 Å². The highest BCUT2D eigenvalue weighted by Crippen LogP contribution is 2.25. The Bertz CT molecular complexity index is 682. The SMILES string of the molecule is CC(C)Oc1ccc(C(=O)N2CCC[C@@H](NC(=O)OC(C)(C)C)C2)cc1N. The number of anilines is 1. The maximum absolute atomic E-state index is 12.8. The fourth-order valence-corrected chi connectivity index (χ4v) is 2.98. The van der Waals surface area contributed by atoms with Crippen LogP contribution in [-0.4, -0.2) is 47.7 Å². The number of ether oxygens (including phenoxy) is 2. The maximum atomic E-state index is 12.8. The first-order valence-electron chi connectivity index (χ1n) is 9.40. The van der Waals surface area contributed by atoms with Crippen LogP contribution in [0.5, 0.6) is 5.75 Å². The molecule has 0 aliphatic carbocycles. The molecule has 0 radical (unpaired) electrons. The number of nitrogens with zero attached hydrogens (tertiary/aromatic N) is 1. The van der Waals surface area contributed by atoms with Gasteiger partial charge in [-0.2, -0.15) is 0 Å². The molecular weight excluding hydrogens is 346 g/mol. The van der Waals surface area contributed by atoms with E-state index in [0.717, 1.165) is 12.8 Å². The molecule has 1 aliphatic rings. The normalized spacial score (nSPS) is 17.6. The summed E-state index contributed by atoms with van der Waals surface area (Å²) in [7, 11) is 0. The van der Waals surface area contributed by atoms with Gasteiger partial charge in [-0.3, -0.25) is 4.79 Å². The van der Waals surface area contributed by atoms with Gasteiger partial charge in [0.05, 0.1) is 11.8 Å². The highest BCUT2D eigenvalue weighted by molar-refractivity contribution is 5.95. The zero-order valence-electron chi connectivity index (χ0n) is 16.9. The van der Waals surface area contributed by atoms with Gasteiger partial charge < -0.3 is 25.4 Å². The summed E-state index contributed by atoms with van der Waals surface area (Å²) in [6.45, 7) is 10.4. The number of carbonyl (C=O) groups is 2. The van der Waals surface area contributed by atoms with Crippen LogP contribution in [0.4, 0.5) is 10.5 Å². The zero-order chi connectivity index (χ0) is 20.2. The third-order valence-electron chi connectivity index (χ3n) is 4.05. The van der Waals surface area contributed by atoms with Gasteiger partial charge in [0.15, 0.2) is 0 Å². The first-order valence-corrected chi connectivity index (χ1v) is 9.40. The number of benzene rings is 1. The molecule has 27 heavy (non-hydrogen) atoms. The Morgan fingerprint density at radius 1 is 1.30 bits per heavy atom. The van der Waals surface area contributed by atoms with E-state index in [1.54, 1.807) is 23.1 Å². The first-order chi connectivity index (χ1) is 12.5. The van der Waals surface area contributed by atoms with Crippen LogP contribution in [-0.2, 0) is 4.74 Å². The molecule has 0 aromatic heterocycles. The van der Waals surface area contributed by atoms with Crippen LogP contribution in [0.2, 0.25) is 0 Å². The van der Waals surface area contributed by atoms with Crippen molar-refractivity contribution in [3.05, 3.63) is 23.8 Å². The Labute approximate surface area is 161 Å². The molecule has 1 fully saturated rings. The summed E-state index contributed by atoms with van der Waals surface area (Å²) in [5.74, 6) is 0.471. The minimum absolute atomic E-state index is 0.00985. The number of carbonyl (C=O) groups excluding carboxylic acids is 2. The molecule has 1 aliphatic heterocycles. The second-order valence-electron chi connectivity index (χ2n) is 8.16. The topological polar surface area (TPSA) is 93.9 Å². The summed E-state index contributed by atoms with van der Waals surface area (Å²) in [5, 5.41) is 2.85. The maximum Gasteiger partial charge on any atom is 0.407 e. The van der Waals surface area contributed by atoms with Crippen molar-refractivity contribution in [3.63, 3.8) is 0 Å². The third kappa shape index (κ3) is 6.34. The molecule has 1 atom stereocenters. The van der Waals surface area contributed by atoms with E-state index in [1.807, 2.05) is 34.6 Å². The molecule has 0 saturated carbocycles. The van der Waals surface area contributed by atoms with Crippen molar-refractivity contribution in [2.24, 2.45) is 0 Å². The van der Waals surface area contributed by atoms with Crippen molar-refractivity contribution in [2.45, 2.75) is 65.2 Å². The zero-order valence-corrected chi connectivity index (χ0v) is 16.9. The number of rotatable bonds is 4. The number of piperidine rings is 1. The summed E-state index contributed by atoms with van der Waals surface area (Å²) < 4.78 is 10.9. The van der Waals surface area contributed by atoms with E-state index in [-0.39, 0.29) is 18.1 Å². The summed E-state index contributed by atoms with van der Waals surface area (Å²) >= 11 is 0. The Kier molecular flexibility index (Phi) is 6.57. The van der Waals surface area contributed by atoms with Gasteiger partial charge in [-0.05, 0) is 65.7 Å². The summed E-state index contributed by atoms with van der Waals surface area (Å²) in [5.41, 5.74) is 6.42. The average molecular weight is 377 g/mol. The van der Waals surface area contributed by atoms with Gasteiger partial charge >= 0.3 is 6.09 Å². The molecule has 1 aromatic rings. The van der Waals surface area contributed by atoms with E-state index in [2.05, 4.69) is 5.32 Å². The van der Waals surface area contributed by atoms with Crippen molar-refractivity contribution in [1.82, 2.24) is 10.2 Å². The summed E-state index contributed by atoms with van der Waals surface area (Å²) in [4.78, 5) is 26.5. The average Bonchev–Trinajstić information content (AvgIpc) is 2.54. The fraction of sp³-hybridized carbons (Fsp3) is 0.600. The predicted octanol–water partition coefficient (Wildman–Crippen LogP) is 3.19. The lowest BCUT2D eigenvalue weighted by molar-refractivity contribution is 0.0452. The van der Waals surface area contributed by atoms with Gasteiger partial charge in [0.25, 0.3) is 5.91 Å². The van der Waals surface area contributed by atoms with Crippen molar-refractivity contribution in [2.75, 3.05) is 18.8 Å². The number of likely N-dealkylation sites (tertiary alicyclic amines) is 1. The number of nitrogens with one attached hydrogen (secondary N) is 1. The van der Waals surface area contributed by atoms with Gasteiger partial charge in [0.1, 0.15) is 11.4 Å². The molecule has 7 nitrogen and oxygen atoms in total. The lowest BCUT2D eigenvalue weighted by Gasteiger charge is -2.33. The van der Waals surface area contributed by atoms with Crippen LogP contribution < -0.4 is 15.8 Å². The van der Waals surface area contributed by atoms with E-state index < -0.39 is 11.7 Å². The second-order valence-corrected chi connectivity index (χ2v) is 8.16. The van der Waals surface area contributed by atoms with Gasteiger partial charge in [-0.1, -0.05) is 0 Å². The van der Waals surface area contributed by atoms with Crippen LogP contribution in [0, 0.1) is 0 Å². The van der Waals surface area contributed by atoms with E-state index in [4.69, 9.17) is 15.2 Å².